The van der Waals surface area contributed by atoms with Gasteiger partial charge in [-0.1, -0.05) is 17.5 Å². The number of halogens is 1. The molecule has 88 valence electrons. The fraction of sp³-hybridized carbons (Fsp3) is 0.417. The SMILES string of the molecule is C#CCN(CC1CC1)C(=O)c1ccc(Cl)nn1. The first-order valence-corrected chi connectivity index (χ1v) is 5.80. The molecular weight excluding hydrogens is 238 g/mol. The summed E-state index contributed by atoms with van der Waals surface area (Å²) in [5, 5.41) is 7.69. The van der Waals surface area contributed by atoms with Crippen molar-refractivity contribution in [3.05, 3.63) is 23.0 Å². The van der Waals surface area contributed by atoms with Crippen molar-refractivity contribution in [3.8, 4) is 12.3 Å². The van der Waals surface area contributed by atoms with Gasteiger partial charge in [0.2, 0.25) is 0 Å². The molecule has 0 N–H and O–H groups in total. The summed E-state index contributed by atoms with van der Waals surface area (Å²) < 4.78 is 0. The number of carbonyl (C=O) groups is 1. The maximum absolute atomic E-state index is 12.1. The summed E-state index contributed by atoms with van der Waals surface area (Å²) in [5.41, 5.74) is 0.283. The number of aromatic nitrogens is 2. The van der Waals surface area contributed by atoms with Gasteiger partial charge in [0.05, 0.1) is 6.54 Å². The standard InChI is InChI=1S/C12H12ClN3O/c1-2-7-16(8-9-3-4-9)12(17)10-5-6-11(13)15-14-10/h1,5-6,9H,3-4,7-8H2. The van der Waals surface area contributed by atoms with E-state index in [1.54, 1.807) is 17.0 Å². The predicted molar refractivity (Wildman–Crippen MR) is 64.5 cm³/mol. The lowest BCUT2D eigenvalue weighted by Crippen LogP contribution is -2.34. The monoisotopic (exact) mass is 249 g/mol. The zero-order valence-corrected chi connectivity index (χ0v) is 10.0. The fourth-order valence-electron chi connectivity index (χ4n) is 1.53. The first-order valence-electron chi connectivity index (χ1n) is 5.42. The minimum Gasteiger partial charge on any atom is -0.326 e. The molecule has 1 amide bonds. The van der Waals surface area contributed by atoms with Crippen LogP contribution in [0, 0.1) is 18.3 Å². The lowest BCUT2D eigenvalue weighted by Gasteiger charge is -2.19. The van der Waals surface area contributed by atoms with Crippen molar-refractivity contribution in [1.29, 1.82) is 0 Å². The molecule has 0 bridgehead atoms. The third-order valence-corrected chi connectivity index (χ3v) is 2.80. The number of hydrogen-bond donors (Lipinski definition) is 0. The molecular formula is C12H12ClN3O. The van der Waals surface area contributed by atoms with E-state index in [9.17, 15) is 4.79 Å². The average Bonchev–Trinajstić information content (AvgIpc) is 3.13. The number of terminal acetylenes is 1. The van der Waals surface area contributed by atoms with Gasteiger partial charge in [0.1, 0.15) is 0 Å². The van der Waals surface area contributed by atoms with Crippen LogP contribution in [0.1, 0.15) is 23.3 Å². The Balaban J connectivity index is 2.09. The molecule has 1 aliphatic carbocycles. The molecule has 4 nitrogen and oxygen atoms in total. The molecule has 1 fully saturated rings. The molecule has 1 aromatic rings. The zero-order chi connectivity index (χ0) is 12.3. The van der Waals surface area contributed by atoms with E-state index in [-0.39, 0.29) is 16.8 Å². The van der Waals surface area contributed by atoms with Crippen LogP contribution in [-0.4, -0.2) is 34.1 Å². The summed E-state index contributed by atoms with van der Waals surface area (Å²) in [6.07, 6.45) is 7.60. The van der Waals surface area contributed by atoms with Crippen molar-refractivity contribution in [2.45, 2.75) is 12.8 Å². The van der Waals surface area contributed by atoms with Crippen molar-refractivity contribution >= 4 is 17.5 Å². The summed E-state index contributed by atoms with van der Waals surface area (Å²) in [4.78, 5) is 13.7. The smallest absolute Gasteiger partial charge is 0.275 e. The second-order valence-electron chi connectivity index (χ2n) is 4.07. The van der Waals surface area contributed by atoms with E-state index in [4.69, 9.17) is 18.0 Å². The molecule has 1 heterocycles. The number of nitrogens with zero attached hydrogens (tertiary/aromatic N) is 3. The quantitative estimate of drug-likeness (QED) is 0.762. The summed E-state index contributed by atoms with van der Waals surface area (Å²) >= 11 is 5.62. The number of hydrogen-bond acceptors (Lipinski definition) is 3. The van der Waals surface area contributed by atoms with Gasteiger partial charge in [0.15, 0.2) is 10.8 Å². The highest BCUT2D eigenvalue weighted by atomic mass is 35.5. The Morgan fingerprint density at radius 1 is 1.53 bits per heavy atom. The summed E-state index contributed by atoms with van der Waals surface area (Å²) in [6.45, 7) is 1.01. The van der Waals surface area contributed by atoms with Gasteiger partial charge in [-0.3, -0.25) is 4.79 Å². The molecule has 0 saturated heterocycles. The van der Waals surface area contributed by atoms with Crippen LogP contribution in [0.3, 0.4) is 0 Å². The van der Waals surface area contributed by atoms with Gasteiger partial charge in [-0.15, -0.1) is 16.6 Å². The Kier molecular flexibility index (Phi) is 3.60. The maximum Gasteiger partial charge on any atom is 0.275 e. The topological polar surface area (TPSA) is 46.1 Å². The van der Waals surface area contributed by atoms with Crippen molar-refractivity contribution in [2.24, 2.45) is 5.92 Å². The Bertz CT molecular complexity index is 448. The second-order valence-corrected chi connectivity index (χ2v) is 4.46. The van der Waals surface area contributed by atoms with E-state index >= 15 is 0 Å². The number of rotatable bonds is 4. The van der Waals surface area contributed by atoms with E-state index in [0.717, 1.165) is 0 Å². The van der Waals surface area contributed by atoms with Gasteiger partial charge in [-0.25, -0.2) is 0 Å². The van der Waals surface area contributed by atoms with Crippen LogP contribution >= 0.6 is 11.6 Å². The molecule has 2 rings (SSSR count). The molecule has 1 aliphatic rings. The highest BCUT2D eigenvalue weighted by molar-refractivity contribution is 6.29. The van der Waals surface area contributed by atoms with Crippen LogP contribution in [0.15, 0.2) is 12.1 Å². The van der Waals surface area contributed by atoms with Crippen LogP contribution < -0.4 is 0 Å². The average molecular weight is 250 g/mol. The van der Waals surface area contributed by atoms with Gasteiger partial charge in [-0.05, 0) is 30.9 Å². The van der Waals surface area contributed by atoms with E-state index in [2.05, 4.69) is 16.1 Å². The number of amides is 1. The van der Waals surface area contributed by atoms with Crippen LogP contribution in [-0.2, 0) is 0 Å². The van der Waals surface area contributed by atoms with Crippen molar-refractivity contribution in [2.75, 3.05) is 13.1 Å². The summed E-state index contributed by atoms with van der Waals surface area (Å²) in [6, 6.07) is 3.11. The largest absolute Gasteiger partial charge is 0.326 e. The van der Waals surface area contributed by atoms with Crippen molar-refractivity contribution < 1.29 is 4.79 Å². The van der Waals surface area contributed by atoms with E-state index in [1.165, 1.54) is 12.8 Å². The molecule has 0 spiro atoms. The maximum atomic E-state index is 12.1. The molecule has 1 aromatic heterocycles. The summed E-state index contributed by atoms with van der Waals surface area (Å²) in [7, 11) is 0. The Hall–Kier alpha value is -1.60. The highest BCUT2D eigenvalue weighted by Crippen LogP contribution is 2.29. The number of carbonyl (C=O) groups excluding carboxylic acids is 1. The highest BCUT2D eigenvalue weighted by Gasteiger charge is 2.27. The van der Waals surface area contributed by atoms with Gasteiger partial charge in [0, 0.05) is 6.54 Å². The zero-order valence-electron chi connectivity index (χ0n) is 9.27. The van der Waals surface area contributed by atoms with Crippen LogP contribution in [0.2, 0.25) is 5.15 Å². The van der Waals surface area contributed by atoms with Crippen molar-refractivity contribution in [3.63, 3.8) is 0 Å². The molecule has 0 aliphatic heterocycles. The molecule has 0 unspecified atom stereocenters. The Morgan fingerprint density at radius 3 is 2.82 bits per heavy atom. The first-order chi connectivity index (χ1) is 8.20. The van der Waals surface area contributed by atoms with Gasteiger partial charge in [-0.2, -0.15) is 0 Å². The summed E-state index contributed by atoms with van der Waals surface area (Å²) in [5.74, 6) is 2.90. The predicted octanol–water partition coefficient (Wildman–Crippen LogP) is 1.62. The lowest BCUT2D eigenvalue weighted by molar-refractivity contribution is 0.0762. The van der Waals surface area contributed by atoms with Gasteiger partial charge in [0.25, 0.3) is 5.91 Å². The first kappa shape index (κ1) is 11.9. The van der Waals surface area contributed by atoms with Gasteiger partial charge >= 0.3 is 0 Å². The normalized spacial score (nSPS) is 14.1. The third-order valence-electron chi connectivity index (χ3n) is 2.60. The van der Waals surface area contributed by atoms with E-state index in [0.29, 0.717) is 19.0 Å². The fourth-order valence-corrected chi connectivity index (χ4v) is 1.63. The van der Waals surface area contributed by atoms with Crippen LogP contribution in [0.4, 0.5) is 0 Å². The van der Waals surface area contributed by atoms with Crippen molar-refractivity contribution in [1.82, 2.24) is 15.1 Å². The Labute approximate surface area is 105 Å². The Morgan fingerprint density at radius 2 is 2.29 bits per heavy atom. The molecule has 0 radical (unpaired) electrons. The van der Waals surface area contributed by atoms with E-state index < -0.39 is 0 Å². The lowest BCUT2D eigenvalue weighted by atomic mass is 10.3. The minimum absolute atomic E-state index is 0.181. The second kappa shape index (κ2) is 5.15. The molecule has 0 aromatic carbocycles. The van der Waals surface area contributed by atoms with Crippen LogP contribution in [0.5, 0.6) is 0 Å². The third kappa shape index (κ3) is 3.18. The molecule has 1 saturated carbocycles. The molecule has 17 heavy (non-hydrogen) atoms. The van der Waals surface area contributed by atoms with Gasteiger partial charge < -0.3 is 4.90 Å². The molecule has 0 atom stereocenters. The van der Waals surface area contributed by atoms with E-state index in [1.807, 2.05) is 0 Å². The minimum atomic E-state index is -0.181. The molecule has 5 heteroatoms. The van der Waals surface area contributed by atoms with Crippen LogP contribution in [0.25, 0.3) is 0 Å².